The van der Waals surface area contributed by atoms with Gasteiger partial charge >= 0.3 is 12.1 Å². The summed E-state index contributed by atoms with van der Waals surface area (Å²) in [5.41, 5.74) is 0.253. The van der Waals surface area contributed by atoms with Gasteiger partial charge in [-0.1, -0.05) is 0 Å². The monoisotopic (exact) mass is 350 g/mol. The van der Waals surface area contributed by atoms with Crippen molar-refractivity contribution in [1.82, 2.24) is 4.98 Å². The van der Waals surface area contributed by atoms with Crippen LogP contribution in [0.2, 0.25) is 0 Å². The highest BCUT2D eigenvalue weighted by atomic mass is 19.4. The van der Waals surface area contributed by atoms with Crippen molar-refractivity contribution in [1.29, 1.82) is 0 Å². The van der Waals surface area contributed by atoms with Crippen LogP contribution in [-0.4, -0.2) is 22.6 Å². The number of hydrogen-bond acceptors (Lipinski definition) is 3. The smallest absolute Gasteiger partial charge is 0.416 e. The van der Waals surface area contributed by atoms with E-state index in [1.54, 1.807) is 17.9 Å². The molecule has 1 N–H and O–H groups in total. The SMILES string of the molecule is Cc1cc(N(CC2CC2)c2ccc(C(=O)O)cn2)cc(C(F)(F)F)c1. The summed E-state index contributed by atoms with van der Waals surface area (Å²) in [6.45, 7) is 2.18. The Labute approximate surface area is 142 Å². The van der Waals surface area contributed by atoms with Crippen molar-refractivity contribution in [3.63, 3.8) is 0 Å². The number of benzene rings is 1. The summed E-state index contributed by atoms with van der Waals surface area (Å²) in [4.78, 5) is 16.8. The molecule has 1 heterocycles. The first-order valence-corrected chi connectivity index (χ1v) is 7.90. The van der Waals surface area contributed by atoms with Crippen LogP contribution in [0, 0.1) is 12.8 Å². The van der Waals surface area contributed by atoms with Gasteiger partial charge in [0.2, 0.25) is 0 Å². The maximum absolute atomic E-state index is 13.1. The van der Waals surface area contributed by atoms with Gasteiger partial charge in [-0.15, -0.1) is 0 Å². The number of carbonyl (C=O) groups is 1. The van der Waals surface area contributed by atoms with Gasteiger partial charge in [0.1, 0.15) is 5.82 Å². The molecule has 0 amide bonds. The van der Waals surface area contributed by atoms with E-state index in [1.165, 1.54) is 18.3 Å². The van der Waals surface area contributed by atoms with Gasteiger partial charge in [-0.25, -0.2) is 9.78 Å². The Kier molecular flexibility index (Phi) is 4.41. The van der Waals surface area contributed by atoms with E-state index in [4.69, 9.17) is 5.11 Å². The van der Waals surface area contributed by atoms with E-state index < -0.39 is 17.7 Å². The minimum absolute atomic E-state index is 0.0374. The topological polar surface area (TPSA) is 53.4 Å². The number of rotatable bonds is 5. The molecule has 3 rings (SSSR count). The van der Waals surface area contributed by atoms with Gasteiger partial charge < -0.3 is 10.0 Å². The number of halogens is 3. The fraction of sp³-hybridized carbons (Fsp3) is 0.333. The predicted molar refractivity (Wildman–Crippen MR) is 87.1 cm³/mol. The Hall–Kier alpha value is -2.57. The fourth-order valence-corrected chi connectivity index (χ4v) is 2.64. The van der Waals surface area contributed by atoms with E-state index in [1.807, 2.05) is 0 Å². The molecule has 2 aromatic rings. The van der Waals surface area contributed by atoms with E-state index in [0.717, 1.165) is 25.0 Å². The van der Waals surface area contributed by atoms with E-state index in [-0.39, 0.29) is 5.56 Å². The van der Waals surface area contributed by atoms with Crippen molar-refractivity contribution >= 4 is 17.5 Å². The highest BCUT2D eigenvalue weighted by molar-refractivity contribution is 5.87. The first-order valence-electron chi connectivity index (χ1n) is 7.90. The number of carboxylic acid groups (broad SMARTS) is 1. The zero-order chi connectivity index (χ0) is 18.2. The molecule has 1 aliphatic carbocycles. The number of aromatic nitrogens is 1. The number of aryl methyl sites for hydroxylation is 1. The van der Waals surface area contributed by atoms with Crippen LogP contribution in [0.15, 0.2) is 36.5 Å². The average molecular weight is 350 g/mol. The van der Waals surface area contributed by atoms with Gasteiger partial charge in [0.05, 0.1) is 11.1 Å². The summed E-state index contributed by atoms with van der Waals surface area (Å²) >= 11 is 0. The summed E-state index contributed by atoms with van der Waals surface area (Å²) in [7, 11) is 0. The number of nitrogens with zero attached hydrogens (tertiary/aromatic N) is 2. The molecule has 0 radical (unpaired) electrons. The summed E-state index contributed by atoms with van der Waals surface area (Å²) in [6.07, 6.45) is -1.14. The molecule has 0 bridgehead atoms. The average Bonchev–Trinajstić information content (AvgIpc) is 3.35. The maximum Gasteiger partial charge on any atom is 0.416 e. The predicted octanol–water partition coefficient (Wildman–Crippen LogP) is 4.66. The van der Waals surface area contributed by atoms with Crippen LogP contribution in [0.25, 0.3) is 0 Å². The van der Waals surface area contributed by atoms with Gasteiger partial charge in [0.25, 0.3) is 0 Å². The number of carboxylic acids is 1. The maximum atomic E-state index is 13.1. The molecule has 1 aliphatic rings. The fourth-order valence-electron chi connectivity index (χ4n) is 2.64. The highest BCUT2D eigenvalue weighted by Gasteiger charge is 2.32. The van der Waals surface area contributed by atoms with Crippen LogP contribution in [-0.2, 0) is 6.18 Å². The first kappa shape index (κ1) is 17.3. The van der Waals surface area contributed by atoms with Crippen molar-refractivity contribution in [2.45, 2.75) is 25.9 Å². The Morgan fingerprint density at radius 3 is 2.52 bits per heavy atom. The van der Waals surface area contributed by atoms with Crippen molar-refractivity contribution in [3.05, 3.63) is 53.2 Å². The quantitative estimate of drug-likeness (QED) is 0.852. The minimum Gasteiger partial charge on any atom is -0.478 e. The van der Waals surface area contributed by atoms with Gasteiger partial charge in [-0.2, -0.15) is 13.2 Å². The zero-order valence-corrected chi connectivity index (χ0v) is 13.5. The lowest BCUT2D eigenvalue weighted by Crippen LogP contribution is -2.22. The molecule has 1 aromatic carbocycles. The second kappa shape index (κ2) is 6.38. The molecule has 132 valence electrons. The Morgan fingerprint density at radius 2 is 2.00 bits per heavy atom. The van der Waals surface area contributed by atoms with Crippen LogP contribution < -0.4 is 4.90 Å². The third-order valence-corrected chi connectivity index (χ3v) is 4.11. The lowest BCUT2D eigenvalue weighted by Gasteiger charge is -2.25. The molecule has 0 unspecified atom stereocenters. The summed E-state index contributed by atoms with van der Waals surface area (Å²) in [5, 5.41) is 8.97. The summed E-state index contributed by atoms with van der Waals surface area (Å²) in [5.74, 6) is -0.242. The minimum atomic E-state index is -4.42. The van der Waals surface area contributed by atoms with Gasteiger partial charge in [-0.3, -0.25) is 0 Å². The Bertz CT molecular complexity index is 784. The van der Waals surface area contributed by atoms with Crippen LogP contribution in [0.1, 0.15) is 34.3 Å². The second-order valence-corrected chi connectivity index (χ2v) is 6.32. The molecule has 0 saturated heterocycles. The molecule has 7 heteroatoms. The largest absolute Gasteiger partial charge is 0.478 e. The first-order chi connectivity index (χ1) is 11.7. The lowest BCUT2D eigenvalue weighted by molar-refractivity contribution is -0.137. The van der Waals surface area contributed by atoms with Crippen molar-refractivity contribution in [2.75, 3.05) is 11.4 Å². The van der Waals surface area contributed by atoms with E-state index in [0.29, 0.717) is 29.5 Å². The molecule has 0 spiro atoms. The van der Waals surface area contributed by atoms with E-state index >= 15 is 0 Å². The standard InChI is InChI=1S/C18H17F3N2O2/c1-11-6-14(18(19,20)21)8-15(7-11)23(10-12-2-3-12)16-5-4-13(9-22-16)17(24)25/h4-9,12H,2-3,10H2,1H3,(H,24,25). The molecular formula is C18H17F3N2O2. The molecule has 1 fully saturated rings. The molecule has 1 saturated carbocycles. The number of aromatic carboxylic acids is 1. The molecule has 0 atom stereocenters. The normalized spacial score (nSPS) is 14.4. The van der Waals surface area contributed by atoms with Crippen LogP contribution in [0.5, 0.6) is 0 Å². The summed E-state index contributed by atoms with van der Waals surface area (Å²) in [6, 6.07) is 6.85. The van der Waals surface area contributed by atoms with E-state index in [2.05, 4.69) is 4.98 Å². The van der Waals surface area contributed by atoms with Crippen LogP contribution >= 0.6 is 0 Å². The molecule has 1 aromatic heterocycles. The molecular weight excluding hydrogens is 333 g/mol. The van der Waals surface area contributed by atoms with Crippen LogP contribution in [0.4, 0.5) is 24.7 Å². The van der Waals surface area contributed by atoms with Gasteiger partial charge in [0.15, 0.2) is 0 Å². The van der Waals surface area contributed by atoms with E-state index in [9.17, 15) is 18.0 Å². The van der Waals surface area contributed by atoms with Crippen molar-refractivity contribution in [3.8, 4) is 0 Å². The summed E-state index contributed by atoms with van der Waals surface area (Å²) < 4.78 is 39.4. The van der Waals surface area contributed by atoms with Crippen molar-refractivity contribution in [2.24, 2.45) is 5.92 Å². The molecule has 25 heavy (non-hydrogen) atoms. The number of anilines is 2. The van der Waals surface area contributed by atoms with Gasteiger partial charge in [0, 0.05) is 18.4 Å². The number of hydrogen-bond donors (Lipinski definition) is 1. The Morgan fingerprint density at radius 1 is 1.28 bits per heavy atom. The molecule has 0 aliphatic heterocycles. The van der Waals surface area contributed by atoms with Crippen molar-refractivity contribution < 1.29 is 23.1 Å². The third kappa shape index (κ3) is 4.10. The van der Waals surface area contributed by atoms with Gasteiger partial charge in [-0.05, 0) is 61.6 Å². The van der Waals surface area contributed by atoms with Crippen LogP contribution in [0.3, 0.4) is 0 Å². The third-order valence-electron chi connectivity index (χ3n) is 4.11. The molecule has 4 nitrogen and oxygen atoms in total. The number of alkyl halides is 3. The second-order valence-electron chi connectivity index (χ2n) is 6.32. The Balaban J connectivity index is 2.01. The zero-order valence-electron chi connectivity index (χ0n) is 13.5. The highest BCUT2D eigenvalue weighted by Crippen LogP contribution is 2.38. The lowest BCUT2D eigenvalue weighted by atomic mass is 10.1. The number of pyridine rings is 1.